The smallest absolute Gasteiger partial charge is 0.126 e. The quantitative estimate of drug-likeness (QED) is 0.897. The van der Waals surface area contributed by atoms with Gasteiger partial charge in [-0.2, -0.15) is 0 Å². The van der Waals surface area contributed by atoms with Crippen molar-refractivity contribution in [2.75, 3.05) is 7.05 Å². The van der Waals surface area contributed by atoms with Crippen LogP contribution in [0.1, 0.15) is 29.4 Å². The lowest BCUT2D eigenvalue weighted by Crippen LogP contribution is -2.18. The highest BCUT2D eigenvalue weighted by atomic mass is 19.1. The third-order valence-electron chi connectivity index (χ3n) is 3.51. The maximum Gasteiger partial charge on any atom is 0.126 e. The molecule has 1 atom stereocenters. The SMILES string of the molecule is CNC(CCc1nccn1C)c1ccc(F)c(C)c1. The molecular formula is C15H20FN3. The zero-order chi connectivity index (χ0) is 13.8. The lowest BCUT2D eigenvalue weighted by molar-refractivity contribution is 0.533. The van der Waals surface area contributed by atoms with Crippen LogP contribution in [0.4, 0.5) is 4.39 Å². The number of hydrogen-bond donors (Lipinski definition) is 1. The van der Waals surface area contributed by atoms with Gasteiger partial charge in [0.1, 0.15) is 11.6 Å². The molecule has 1 heterocycles. The molecule has 4 heteroatoms. The third kappa shape index (κ3) is 3.20. The van der Waals surface area contributed by atoms with Gasteiger partial charge in [0, 0.05) is 31.9 Å². The number of imidazole rings is 1. The lowest BCUT2D eigenvalue weighted by atomic mass is 10.00. The van der Waals surface area contributed by atoms with E-state index in [9.17, 15) is 4.39 Å². The maximum absolute atomic E-state index is 13.3. The molecule has 0 fully saturated rings. The van der Waals surface area contributed by atoms with E-state index in [0.717, 1.165) is 24.2 Å². The highest BCUT2D eigenvalue weighted by Gasteiger charge is 2.12. The van der Waals surface area contributed by atoms with Gasteiger partial charge in [-0.15, -0.1) is 0 Å². The number of aryl methyl sites for hydroxylation is 3. The standard InChI is InChI=1S/C15H20FN3/c1-11-10-12(4-5-13(11)16)14(17-2)6-7-15-18-8-9-19(15)3/h4-5,8-10,14,17H,6-7H2,1-3H3. The first-order valence-electron chi connectivity index (χ1n) is 6.51. The average molecular weight is 261 g/mol. The minimum Gasteiger partial charge on any atom is -0.338 e. The van der Waals surface area contributed by atoms with E-state index < -0.39 is 0 Å². The van der Waals surface area contributed by atoms with Gasteiger partial charge in [-0.25, -0.2) is 9.37 Å². The molecule has 0 bridgehead atoms. The molecule has 1 unspecified atom stereocenters. The van der Waals surface area contributed by atoms with E-state index in [-0.39, 0.29) is 11.9 Å². The van der Waals surface area contributed by atoms with Crippen LogP contribution in [0.2, 0.25) is 0 Å². The average Bonchev–Trinajstić information content (AvgIpc) is 2.80. The molecule has 3 nitrogen and oxygen atoms in total. The van der Waals surface area contributed by atoms with Crippen molar-refractivity contribution in [3.05, 3.63) is 53.4 Å². The van der Waals surface area contributed by atoms with Gasteiger partial charge in [-0.3, -0.25) is 0 Å². The van der Waals surface area contributed by atoms with Gasteiger partial charge >= 0.3 is 0 Å². The Labute approximate surface area is 113 Å². The second-order valence-corrected chi connectivity index (χ2v) is 4.84. The molecule has 0 radical (unpaired) electrons. The van der Waals surface area contributed by atoms with Crippen LogP contribution < -0.4 is 5.32 Å². The largest absolute Gasteiger partial charge is 0.338 e. The van der Waals surface area contributed by atoms with Crippen LogP contribution in [0.25, 0.3) is 0 Å². The van der Waals surface area contributed by atoms with Gasteiger partial charge in [0.15, 0.2) is 0 Å². The molecule has 0 spiro atoms. The topological polar surface area (TPSA) is 29.9 Å². The van der Waals surface area contributed by atoms with E-state index in [2.05, 4.69) is 10.3 Å². The van der Waals surface area contributed by atoms with Gasteiger partial charge in [0.2, 0.25) is 0 Å². The molecule has 0 aliphatic rings. The molecule has 0 saturated carbocycles. The van der Waals surface area contributed by atoms with E-state index >= 15 is 0 Å². The molecule has 19 heavy (non-hydrogen) atoms. The number of halogens is 1. The summed E-state index contributed by atoms with van der Waals surface area (Å²) in [5, 5.41) is 3.29. The summed E-state index contributed by atoms with van der Waals surface area (Å²) in [5.74, 6) is 0.918. The van der Waals surface area contributed by atoms with Gasteiger partial charge < -0.3 is 9.88 Å². The highest BCUT2D eigenvalue weighted by Crippen LogP contribution is 2.20. The molecule has 1 aromatic carbocycles. The minimum absolute atomic E-state index is 0.150. The van der Waals surface area contributed by atoms with Gasteiger partial charge in [-0.05, 0) is 37.6 Å². The number of nitrogens with one attached hydrogen (secondary N) is 1. The second-order valence-electron chi connectivity index (χ2n) is 4.84. The third-order valence-corrected chi connectivity index (χ3v) is 3.51. The molecule has 0 saturated heterocycles. The van der Waals surface area contributed by atoms with Crippen molar-refractivity contribution < 1.29 is 4.39 Å². The van der Waals surface area contributed by atoms with E-state index in [0.29, 0.717) is 5.56 Å². The number of rotatable bonds is 5. The molecule has 0 amide bonds. The van der Waals surface area contributed by atoms with Gasteiger partial charge in [-0.1, -0.05) is 12.1 Å². The Morgan fingerprint density at radius 1 is 1.42 bits per heavy atom. The van der Waals surface area contributed by atoms with Crippen molar-refractivity contribution in [3.8, 4) is 0 Å². The first-order chi connectivity index (χ1) is 9.11. The summed E-state index contributed by atoms with van der Waals surface area (Å²) in [7, 11) is 3.93. The predicted molar refractivity (Wildman–Crippen MR) is 74.5 cm³/mol. The monoisotopic (exact) mass is 261 g/mol. The Bertz CT molecular complexity index is 548. The zero-order valence-corrected chi connectivity index (χ0v) is 11.7. The first-order valence-corrected chi connectivity index (χ1v) is 6.51. The predicted octanol–water partition coefficient (Wildman–Crippen LogP) is 2.76. The Kier molecular flexibility index (Phi) is 4.32. The summed E-state index contributed by atoms with van der Waals surface area (Å²) in [5.41, 5.74) is 1.81. The normalized spacial score (nSPS) is 12.6. The number of aromatic nitrogens is 2. The molecule has 0 aliphatic carbocycles. The van der Waals surface area contributed by atoms with E-state index in [4.69, 9.17) is 0 Å². The van der Waals surface area contributed by atoms with Crippen LogP contribution in [-0.2, 0) is 13.5 Å². The van der Waals surface area contributed by atoms with Crippen molar-refractivity contribution in [1.29, 1.82) is 0 Å². The van der Waals surface area contributed by atoms with Crippen LogP contribution in [0.3, 0.4) is 0 Å². The van der Waals surface area contributed by atoms with Crippen molar-refractivity contribution in [2.45, 2.75) is 25.8 Å². The lowest BCUT2D eigenvalue weighted by Gasteiger charge is -2.17. The summed E-state index contributed by atoms with van der Waals surface area (Å²) in [4.78, 5) is 4.32. The molecule has 2 rings (SSSR count). The van der Waals surface area contributed by atoms with E-state index in [1.807, 2.05) is 43.2 Å². The van der Waals surface area contributed by atoms with Gasteiger partial charge in [0.05, 0.1) is 0 Å². The highest BCUT2D eigenvalue weighted by molar-refractivity contribution is 5.26. The van der Waals surface area contributed by atoms with Crippen LogP contribution in [0, 0.1) is 12.7 Å². The molecule has 1 N–H and O–H groups in total. The van der Waals surface area contributed by atoms with Gasteiger partial charge in [0.25, 0.3) is 0 Å². The Hall–Kier alpha value is -1.68. The maximum atomic E-state index is 13.3. The molecule has 1 aromatic heterocycles. The molecule has 102 valence electrons. The van der Waals surface area contributed by atoms with Crippen LogP contribution >= 0.6 is 0 Å². The summed E-state index contributed by atoms with van der Waals surface area (Å²) in [6.45, 7) is 1.80. The number of hydrogen-bond acceptors (Lipinski definition) is 2. The summed E-state index contributed by atoms with van der Waals surface area (Å²) < 4.78 is 15.3. The van der Waals surface area contributed by atoms with Crippen molar-refractivity contribution in [1.82, 2.24) is 14.9 Å². The van der Waals surface area contributed by atoms with E-state index in [1.165, 1.54) is 6.07 Å². The van der Waals surface area contributed by atoms with Crippen molar-refractivity contribution in [2.24, 2.45) is 7.05 Å². The first kappa shape index (κ1) is 13.7. The number of nitrogens with zero attached hydrogens (tertiary/aromatic N) is 2. The molecule has 0 aliphatic heterocycles. The fourth-order valence-electron chi connectivity index (χ4n) is 2.27. The summed E-state index contributed by atoms with van der Waals surface area (Å²) in [6.07, 6.45) is 5.59. The van der Waals surface area contributed by atoms with Crippen molar-refractivity contribution >= 4 is 0 Å². The Morgan fingerprint density at radius 3 is 2.79 bits per heavy atom. The second kappa shape index (κ2) is 5.97. The van der Waals surface area contributed by atoms with E-state index in [1.54, 1.807) is 6.92 Å². The van der Waals surface area contributed by atoms with Crippen LogP contribution in [-0.4, -0.2) is 16.6 Å². The molecular weight excluding hydrogens is 241 g/mol. The Balaban J connectivity index is 2.07. The summed E-state index contributed by atoms with van der Waals surface area (Å²) in [6, 6.07) is 5.52. The van der Waals surface area contributed by atoms with Crippen LogP contribution in [0.15, 0.2) is 30.6 Å². The summed E-state index contributed by atoms with van der Waals surface area (Å²) >= 11 is 0. The fraction of sp³-hybridized carbons (Fsp3) is 0.400. The van der Waals surface area contributed by atoms with Crippen molar-refractivity contribution in [3.63, 3.8) is 0 Å². The van der Waals surface area contributed by atoms with Crippen LogP contribution in [0.5, 0.6) is 0 Å². The zero-order valence-electron chi connectivity index (χ0n) is 11.7. The molecule has 2 aromatic rings. The Morgan fingerprint density at radius 2 is 2.21 bits per heavy atom. The fourth-order valence-corrected chi connectivity index (χ4v) is 2.27. The minimum atomic E-state index is -0.150. The number of benzene rings is 1.